The molecule has 29 heavy (non-hydrogen) atoms. The van der Waals surface area contributed by atoms with Crippen molar-refractivity contribution in [1.29, 1.82) is 0 Å². The lowest BCUT2D eigenvalue weighted by atomic mass is 9.92. The van der Waals surface area contributed by atoms with Gasteiger partial charge in [-0.05, 0) is 56.0 Å². The van der Waals surface area contributed by atoms with Crippen LogP contribution in [0.25, 0.3) is 0 Å². The minimum Gasteiger partial charge on any atom is -0.493 e. The minimum absolute atomic E-state index is 0. The highest BCUT2D eigenvalue weighted by Gasteiger charge is 2.31. The standard InChI is InChI=1S/C20H25N3O3S.2ClH/c1-25-19-8-14(2-3-18(19)26-11-17-12-27-13-22-17)20(24)23-6-4-15-9-21-10-16(15)5-7-23;;/h2-3,8,12-13,15-16,21H,4-7,9-11H2,1H3;2*1H/t15-,16+;;. The number of nitrogens with zero attached hydrogens (tertiary/aromatic N) is 2. The van der Waals surface area contributed by atoms with E-state index in [4.69, 9.17) is 9.47 Å². The van der Waals surface area contributed by atoms with Crippen LogP contribution in [0.4, 0.5) is 0 Å². The van der Waals surface area contributed by atoms with E-state index >= 15 is 0 Å². The first kappa shape index (κ1) is 23.7. The van der Waals surface area contributed by atoms with Gasteiger partial charge in [-0.1, -0.05) is 0 Å². The molecule has 1 amide bonds. The number of aromatic nitrogens is 1. The zero-order chi connectivity index (χ0) is 18.6. The molecule has 6 nitrogen and oxygen atoms in total. The van der Waals surface area contributed by atoms with Gasteiger partial charge in [0.25, 0.3) is 5.91 Å². The molecule has 0 radical (unpaired) electrons. The molecule has 0 spiro atoms. The molecule has 4 rings (SSSR count). The summed E-state index contributed by atoms with van der Waals surface area (Å²) in [6.45, 7) is 4.21. The first-order chi connectivity index (χ1) is 13.2. The molecule has 1 aromatic heterocycles. The van der Waals surface area contributed by atoms with Gasteiger partial charge in [0.1, 0.15) is 6.61 Å². The lowest BCUT2D eigenvalue weighted by Gasteiger charge is -2.21. The number of rotatable bonds is 5. The Kier molecular flexibility index (Phi) is 9.02. The second-order valence-electron chi connectivity index (χ2n) is 7.18. The summed E-state index contributed by atoms with van der Waals surface area (Å²) in [5, 5.41) is 5.43. The molecule has 2 aromatic rings. The normalized spacial score (nSPS) is 20.7. The number of hydrogen-bond donors (Lipinski definition) is 1. The number of carbonyl (C=O) groups excluding carboxylic acids is 1. The van der Waals surface area contributed by atoms with E-state index in [0.29, 0.717) is 35.5 Å². The molecular formula is C20H27Cl2N3O3S. The Morgan fingerprint density at radius 3 is 2.55 bits per heavy atom. The molecule has 1 N–H and O–H groups in total. The summed E-state index contributed by atoms with van der Waals surface area (Å²) in [7, 11) is 1.60. The molecule has 160 valence electrons. The summed E-state index contributed by atoms with van der Waals surface area (Å²) >= 11 is 1.54. The van der Waals surface area contributed by atoms with Crippen LogP contribution in [0.1, 0.15) is 28.9 Å². The first-order valence-corrected chi connectivity index (χ1v) is 10.4. The highest BCUT2D eigenvalue weighted by molar-refractivity contribution is 7.07. The largest absolute Gasteiger partial charge is 0.493 e. The van der Waals surface area contributed by atoms with E-state index in [1.54, 1.807) is 18.7 Å². The van der Waals surface area contributed by atoms with Gasteiger partial charge in [0, 0.05) is 24.0 Å². The fraction of sp³-hybridized carbons (Fsp3) is 0.500. The molecule has 2 aliphatic rings. The maximum Gasteiger partial charge on any atom is 0.253 e. The summed E-state index contributed by atoms with van der Waals surface area (Å²) in [5.41, 5.74) is 3.31. The fourth-order valence-corrected chi connectivity index (χ4v) is 4.53. The van der Waals surface area contributed by atoms with Crippen molar-refractivity contribution < 1.29 is 14.3 Å². The number of ether oxygens (including phenoxy) is 2. The summed E-state index contributed by atoms with van der Waals surface area (Å²) in [4.78, 5) is 19.2. The number of benzene rings is 1. The van der Waals surface area contributed by atoms with Crippen molar-refractivity contribution in [1.82, 2.24) is 15.2 Å². The van der Waals surface area contributed by atoms with Gasteiger partial charge in [-0.2, -0.15) is 0 Å². The number of halogens is 2. The Morgan fingerprint density at radius 2 is 1.93 bits per heavy atom. The van der Waals surface area contributed by atoms with Gasteiger partial charge in [0.15, 0.2) is 11.5 Å². The summed E-state index contributed by atoms with van der Waals surface area (Å²) < 4.78 is 11.3. The Balaban J connectivity index is 0.00000150. The zero-order valence-electron chi connectivity index (χ0n) is 16.3. The fourth-order valence-electron chi connectivity index (χ4n) is 3.98. The SMILES string of the molecule is COc1cc(C(=O)N2CC[C@@H]3CNC[C@@H]3CC2)ccc1OCc1cscn1.Cl.Cl. The second kappa shape index (κ2) is 11.0. The van der Waals surface area contributed by atoms with Crippen molar-refractivity contribution in [2.75, 3.05) is 33.3 Å². The van der Waals surface area contributed by atoms with Crippen molar-refractivity contribution in [2.45, 2.75) is 19.4 Å². The summed E-state index contributed by atoms with van der Waals surface area (Å²) in [5.74, 6) is 2.69. The number of carbonyl (C=O) groups is 1. The summed E-state index contributed by atoms with van der Waals surface area (Å²) in [6.07, 6.45) is 2.16. The lowest BCUT2D eigenvalue weighted by molar-refractivity contribution is 0.0758. The van der Waals surface area contributed by atoms with Gasteiger partial charge in [0.05, 0.1) is 18.3 Å². The number of methoxy groups -OCH3 is 1. The molecule has 0 aliphatic carbocycles. The van der Waals surface area contributed by atoms with Crippen molar-refractivity contribution in [2.24, 2.45) is 11.8 Å². The third kappa shape index (κ3) is 5.54. The van der Waals surface area contributed by atoms with E-state index in [0.717, 1.165) is 44.7 Å². The molecule has 2 atom stereocenters. The second-order valence-corrected chi connectivity index (χ2v) is 7.90. The van der Waals surface area contributed by atoms with E-state index in [-0.39, 0.29) is 30.7 Å². The minimum atomic E-state index is 0. The molecule has 2 fully saturated rings. The predicted octanol–water partition coefficient (Wildman–Crippen LogP) is 3.65. The van der Waals surface area contributed by atoms with Crippen molar-refractivity contribution in [3.05, 3.63) is 40.3 Å². The van der Waals surface area contributed by atoms with Crippen LogP contribution in [0, 0.1) is 11.8 Å². The van der Waals surface area contributed by atoms with Crippen LogP contribution >= 0.6 is 36.2 Å². The molecule has 0 saturated carbocycles. The van der Waals surface area contributed by atoms with E-state index in [1.165, 1.54) is 11.3 Å². The monoisotopic (exact) mass is 459 g/mol. The predicted molar refractivity (Wildman–Crippen MR) is 119 cm³/mol. The van der Waals surface area contributed by atoms with Crippen molar-refractivity contribution >= 4 is 42.1 Å². The third-order valence-corrected chi connectivity index (χ3v) is 6.21. The maximum absolute atomic E-state index is 13.0. The van der Waals surface area contributed by atoms with Crippen LogP contribution in [-0.2, 0) is 6.61 Å². The topological polar surface area (TPSA) is 63.7 Å². The molecule has 2 saturated heterocycles. The van der Waals surface area contributed by atoms with Crippen LogP contribution in [0.2, 0.25) is 0 Å². The summed E-state index contributed by atoms with van der Waals surface area (Å²) in [6, 6.07) is 5.43. The first-order valence-electron chi connectivity index (χ1n) is 9.42. The number of thiazole rings is 1. The van der Waals surface area contributed by atoms with Crippen LogP contribution in [0.5, 0.6) is 11.5 Å². The number of fused-ring (bicyclic) bond motifs is 1. The van der Waals surface area contributed by atoms with E-state index in [2.05, 4.69) is 10.3 Å². The lowest BCUT2D eigenvalue weighted by Crippen LogP contribution is -2.32. The number of nitrogens with one attached hydrogen (secondary N) is 1. The molecule has 0 unspecified atom stereocenters. The molecule has 0 bridgehead atoms. The van der Waals surface area contributed by atoms with Gasteiger partial charge in [0.2, 0.25) is 0 Å². The average molecular weight is 460 g/mol. The molecular weight excluding hydrogens is 433 g/mol. The number of hydrogen-bond acceptors (Lipinski definition) is 6. The van der Waals surface area contributed by atoms with Crippen LogP contribution < -0.4 is 14.8 Å². The highest BCUT2D eigenvalue weighted by Crippen LogP contribution is 2.31. The highest BCUT2D eigenvalue weighted by atomic mass is 35.5. The number of likely N-dealkylation sites (tertiary alicyclic amines) is 1. The smallest absolute Gasteiger partial charge is 0.253 e. The quantitative estimate of drug-likeness (QED) is 0.738. The van der Waals surface area contributed by atoms with Gasteiger partial charge >= 0.3 is 0 Å². The van der Waals surface area contributed by atoms with Crippen LogP contribution in [0.15, 0.2) is 29.1 Å². The van der Waals surface area contributed by atoms with Crippen LogP contribution in [-0.4, -0.2) is 49.1 Å². The van der Waals surface area contributed by atoms with E-state index in [1.807, 2.05) is 22.4 Å². The van der Waals surface area contributed by atoms with Crippen molar-refractivity contribution in [3.63, 3.8) is 0 Å². The molecule has 9 heteroatoms. The Hall–Kier alpha value is -1.54. The van der Waals surface area contributed by atoms with Crippen LogP contribution in [0.3, 0.4) is 0 Å². The maximum atomic E-state index is 13.0. The van der Waals surface area contributed by atoms with E-state index < -0.39 is 0 Å². The molecule has 2 aliphatic heterocycles. The zero-order valence-corrected chi connectivity index (χ0v) is 18.8. The Bertz CT molecular complexity index is 777. The number of amides is 1. The molecule has 3 heterocycles. The van der Waals surface area contributed by atoms with Gasteiger partial charge in [-0.15, -0.1) is 36.2 Å². The third-order valence-electron chi connectivity index (χ3n) is 5.58. The van der Waals surface area contributed by atoms with Crippen molar-refractivity contribution in [3.8, 4) is 11.5 Å². The molecule has 1 aromatic carbocycles. The van der Waals surface area contributed by atoms with Gasteiger partial charge in [-0.25, -0.2) is 4.98 Å². The Morgan fingerprint density at radius 1 is 1.21 bits per heavy atom. The van der Waals surface area contributed by atoms with E-state index in [9.17, 15) is 4.79 Å². The van der Waals surface area contributed by atoms with Gasteiger partial charge in [-0.3, -0.25) is 4.79 Å². The van der Waals surface area contributed by atoms with Gasteiger partial charge < -0.3 is 19.7 Å². The Labute approximate surface area is 187 Å². The average Bonchev–Trinajstić information content (AvgIpc) is 3.34.